The maximum Gasteiger partial charge on any atom is 0.282 e. The van der Waals surface area contributed by atoms with Gasteiger partial charge in [0.05, 0.1) is 18.7 Å². The number of hydrogen-bond acceptors (Lipinski definition) is 5. The van der Waals surface area contributed by atoms with Gasteiger partial charge in [0.25, 0.3) is 5.56 Å². The lowest BCUT2D eigenvalue weighted by Crippen LogP contribution is -2.25. The standard InChI is InChI=1S/C19H21N3O3S/c1-5-25-15-8-6-14(7-9-15)10-16(23)21-17-11(2)20-19-22(18(17)24)12(3)13(4)26-19/h6-9H,5,10H2,1-4H3,(H,21,23). The summed E-state index contributed by atoms with van der Waals surface area (Å²) in [7, 11) is 0. The van der Waals surface area contributed by atoms with Gasteiger partial charge in [-0.05, 0) is 45.4 Å². The molecule has 7 heteroatoms. The molecule has 2 aromatic heterocycles. The third-order valence-electron chi connectivity index (χ3n) is 4.19. The van der Waals surface area contributed by atoms with Crippen LogP contribution in [0.3, 0.4) is 0 Å². The fourth-order valence-electron chi connectivity index (χ4n) is 2.72. The van der Waals surface area contributed by atoms with Gasteiger partial charge in [-0.25, -0.2) is 4.98 Å². The second kappa shape index (κ2) is 7.29. The van der Waals surface area contributed by atoms with Crippen LogP contribution in [0.2, 0.25) is 0 Å². The summed E-state index contributed by atoms with van der Waals surface area (Å²) in [5.41, 5.74) is 2.22. The maximum absolute atomic E-state index is 12.8. The van der Waals surface area contributed by atoms with E-state index in [1.54, 1.807) is 11.3 Å². The normalized spacial score (nSPS) is 10.9. The predicted molar refractivity (Wildman–Crippen MR) is 103 cm³/mol. The van der Waals surface area contributed by atoms with Gasteiger partial charge in [-0.3, -0.25) is 14.0 Å². The summed E-state index contributed by atoms with van der Waals surface area (Å²) in [6.07, 6.45) is 0.176. The molecule has 1 N–H and O–H groups in total. The third kappa shape index (κ3) is 3.48. The smallest absolute Gasteiger partial charge is 0.282 e. The molecule has 0 bridgehead atoms. The molecule has 0 unspecified atom stereocenters. The first kappa shape index (κ1) is 18.1. The molecule has 0 aliphatic rings. The Hall–Kier alpha value is -2.67. The molecular formula is C19H21N3O3S. The van der Waals surface area contributed by atoms with E-state index >= 15 is 0 Å². The van der Waals surface area contributed by atoms with Crippen LogP contribution in [0.25, 0.3) is 4.96 Å². The molecule has 6 nitrogen and oxygen atoms in total. The second-order valence-electron chi connectivity index (χ2n) is 6.04. The molecule has 3 rings (SSSR count). The molecule has 0 aliphatic heterocycles. The Balaban J connectivity index is 1.83. The number of nitrogens with zero attached hydrogens (tertiary/aromatic N) is 2. The first-order valence-electron chi connectivity index (χ1n) is 8.41. The number of hydrogen-bond donors (Lipinski definition) is 1. The highest BCUT2D eigenvalue weighted by molar-refractivity contribution is 7.17. The number of aryl methyl sites for hydroxylation is 3. The molecule has 0 saturated heterocycles. The zero-order valence-corrected chi connectivity index (χ0v) is 16.1. The highest BCUT2D eigenvalue weighted by Crippen LogP contribution is 2.21. The van der Waals surface area contributed by atoms with E-state index < -0.39 is 0 Å². The van der Waals surface area contributed by atoms with Crippen molar-refractivity contribution in [2.75, 3.05) is 11.9 Å². The molecule has 0 fully saturated rings. The van der Waals surface area contributed by atoms with Crippen molar-refractivity contribution in [1.82, 2.24) is 9.38 Å². The van der Waals surface area contributed by atoms with Crippen LogP contribution < -0.4 is 15.6 Å². The van der Waals surface area contributed by atoms with Crippen LogP contribution in [0.1, 0.15) is 28.8 Å². The van der Waals surface area contributed by atoms with Crippen LogP contribution in [-0.4, -0.2) is 21.9 Å². The Labute approximate surface area is 155 Å². The van der Waals surface area contributed by atoms with E-state index in [0.29, 0.717) is 17.3 Å². The van der Waals surface area contributed by atoms with Gasteiger partial charge in [0.15, 0.2) is 4.96 Å². The largest absolute Gasteiger partial charge is 0.494 e. The monoisotopic (exact) mass is 371 g/mol. The first-order chi connectivity index (χ1) is 12.4. The van der Waals surface area contributed by atoms with E-state index in [0.717, 1.165) is 21.9 Å². The average Bonchev–Trinajstić information content (AvgIpc) is 2.88. The summed E-state index contributed by atoms with van der Waals surface area (Å²) >= 11 is 1.47. The topological polar surface area (TPSA) is 72.7 Å². The lowest BCUT2D eigenvalue weighted by atomic mass is 10.1. The van der Waals surface area contributed by atoms with Gasteiger partial charge in [-0.1, -0.05) is 12.1 Å². The van der Waals surface area contributed by atoms with Gasteiger partial charge in [0.2, 0.25) is 5.91 Å². The van der Waals surface area contributed by atoms with E-state index in [4.69, 9.17) is 4.74 Å². The van der Waals surface area contributed by atoms with E-state index in [2.05, 4.69) is 10.3 Å². The van der Waals surface area contributed by atoms with Crippen molar-refractivity contribution in [1.29, 1.82) is 0 Å². The summed E-state index contributed by atoms with van der Waals surface area (Å²) in [6, 6.07) is 7.35. The van der Waals surface area contributed by atoms with Crippen molar-refractivity contribution in [2.24, 2.45) is 0 Å². The Morgan fingerprint density at radius 2 is 1.92 bits per heavy atom. The van der Waals surface area contributed by atoms with Crippen LogP contribution >= 0.6 is 11.3 Å². The van der Waals surface area contributed by atoms with Crippen LogP contribution in [0.5, 0.6) is 5.75 Å². The number of aromatic nitrogens is 2. The number of fused-ring (bicyclic) bond motifs is 1. The van der Waals surface area contributed by atoms with Gasteiger partial charge in [0.1, 0.15) is 11.4 Å². The lowest BCUT2D eigenvalue weighted by molar-refractivity contribution is -0.115. The van der Waals surface area contributed by atoms with Gasteiger partial charge in [-0.15, -0.1) is 11.3 Å². The molecule has 3 aromatic rings. The Morgan fingerprint density at radius 1 is 1.23 bits per heavy atom. The predicted octanol–water partition coefficient (Wildman–Crippen LogP) is 3.26. The molecule has 26 heavy (non-hydrogen) atoms. The van der Waals surface area contributed by atoms with Gasteiger partial charge in [0, 0.05) is 10.6 Å². The SMILES string of the molecule is CCOc1ccc(CC(=O)Nc2c(C)nc3sc(C)c(C)n3c2=O)cc1. The van der Waals surface area contributed by atoms with Crippen molar-refractivity contribution in [3.8, 4) is 5.75 Å². The van der Waals surface area contributed by atoms with Crippen LogP contribution in [0.4, 0.5) is 5.69 Å². The molecule has 1 aromatic carbocycles. The van der Waals surface area contributed by atoms with E-state index in [1.807, 2.05) is 45.0 Å². The van der Waals surface area contributed by atoms with Crippen molar-refractivity contribution in [3.63, 3.8) is 0 Å². The highest BCUT2D eigenvalue weighted by Gasteiger charge is 2.16. The maximum atomic E-state index is 12.8. The molecule has 0 spiro atoms. The summed E-state index contributed by atoms with van der Waals surface area (Å²) in [5.74, 6) is 0.518. The summed E-state index contributed by atoms with van der Waals surface area (Å²) in [5, 5.41) is 2.73. The summed E-state index contributed by atoms with van der Waals surface area (Å²) in [4.78, 5) is 31.3. The number of rotatable bonds is 5. The Morgan fingerprint density at radius 3 is 2.58 bits per heavy atom. The number of carbonyl (C=O) groups is 1. The molecule has 0 atom stereocenters. The number of ether oxygens (including phenoxy) is 1. The number of anilines is 1. The fourth-order valence-corrected chi connectivity index (χ4v) is 3.72. The lowest BCUT2D eigenvalue weighted by Gasteiger charge is -2.09. The minimum absolute atomic E-state index is 0.176. The zero-order valence-electron chi connectivity index (χ0n) is 15.3. The van der Waals surface area contributed by atoms with Crippen molar-refractivity contribution < 1.29 is 9.53 Å². The fraction of sp³-hybridized carbons (Fsp3) is 0.316. The minimum atomic E-state index is -0.249. The molecule has 0 saturated carbocycles. The van der Waals surface area contributed by atoms with E-state index in [9.17, 15) is 9.59 Å². The molecule has 0 aliphatic carbocycles. The summed E-state index contributed by atoms with van der Waals surface area (Å²) < 4.78 is 6.95. The molecular weight excluding hydrogens is 350 g/mol. The third-order valence-corrected chi connectivity index (χ3v) is 5.24. The highest BCUT2D eigenvalue weighted by atomic mass is 32.1. The second-order valence-corrected chi connectivity index (χ2v) is 7.22. The molecule has 0 radical (unpaired) electrons. The molecule has 1 amide bonds. The van der Waals surface area contributed by atoms with Crippen molar-refractivity contribution in [3.05, 3.63) is 56.4 Å². The zero-order chi connectivity index (χ0) is 18.8. The first-order valence-corrected chi connectivity index (χ1v) is 9.23. The van der Waals surface area contributed by atoms with Crippen LogP contribution in [0.15, 0.2) is 29.1 Å². The minimum Gasteiger partial charge on any atom is -0.494 e. The number of benzene rings is 1. The van der Waals surface area contributed by atoms with Gasteiger partial charge >= 0.3 is 0 Å². The number of thiazole rings is 1. The average molecular weight is 371 g/mol. The van der Waals surface area contributed by atoms with Crippen LogP contribution in [0, 0.1) is 20.8 Å². The van der Waals surface area contributed by atoms with Crippen LogP contribution in [-0.2, 0) is 11.2 Å². The van der Waals surface area contributed by atoms with Crippen molar-refractivity contribution in [2.45, 2.75) is 34.1 Å². The van der Waals surface area contributed by atoms with Gasteiger partial charge < -0.3 is 10.1 Å². The Bertz CT molecular complexity index is 1020. The van der Waals surface area contributed by atoms with E-state index in [1.165, 1.54) is 11.3 Å². The quantitative estimate of drug-likeness (QED) is 0.747. The molecule has 2 heterocycles. The molecule has 136 valence electrons. The number of amides is 1. The van der Waals surface area contributed by atoms with Crippen molar-refractivity contribution >= 4 is 27.9 Å². The van der Waals surface area contributed by atoms with E-state index in [-0.39, 0.29) is 23.6 Å². The summed E-state index contributed by atoms with van der Waals surface area (Å²) in [6.45, 7) is 8.08. The number of carbonyl (C=O) groups excluding carboxylic acids is 1. The van der Waals surface area contributed by atoms with Gasteiger partial charge in [-0.2, -0.15) is 0 Å². The number of nitrogens with one attached hydrogen (secondary N) is 1. The Kier molecular flexibility index (Phi) is 5.08.